The summed E-state index contributed by atoms with van der Waals surface area (Å²) in [5.74, 6) is -0.348. The van der Waals surface area contributed by atoms with Crippen molar-refractivity contribution in [3.8, 4) is 0 Å². The van der Waals surface area contributed by atoms with E-state index in [0.717, 1.165) is 0 Å². The Balaban J connectivity index is 1.98. The van der Waals surface area contributed by atoms with Crippen molar-refractivity contribution in [3.05, 3.63) is 38.9 Å². The Morgan fingerprint density at radius 1 is 1.24 bits per heavy atom. The van der Waals surface area contributed by atoms with Gasteiger partial charge in [-0.25, -0.2) is 0 Å². The van der Waals surface area contributed by atoms with E-state index in [-0.39, 0.29) is 22.4 Å². The number of amides is 1. The lowest BCUT2D eigenvalue weighted by molar-refractivity contribution is -0.117. The van der Waals surface area contributed by atoms with Gasteiger partial charge in [0.1, 0.15) is 0 Å². The van der Waals surface area contributed by atoms with Gasteiger partial charge in [0.2, 0.25) is 5.91 Å². The molecule has 1 aliphatic rings. The molecule has 5 N–H and O–H groups in total. The minimum absolute atomic E-state index is 0.133. The van der Waals surface area contributed by atoms with Gasteiger partial charge in [-0.05, 0) is 18.6 Å². The van der Waals surface area contributed by atoms with Crippen LogP contribution in [0.15, 0.2) is 27.8 Å². The van der Waals surface area contributed by atoms with Gasteiger partial charge in [0.25, 0.3) is 11.1 Å². The highest BCUT2D eigenvalue weighted by atomic mass is 16.3. The first-order valence-electron chi connectivity index (χ1n) is 6.52. The van der Waals surface area contributed by atoms with Gasteiger partial charge in [0.05, 0.1) is 28.6 Å². The van der Waals surface area contributed by atoms with E-state index in [1.807, 2.05) is 0 Å². The van der Waals surface area contributed by atoms with Gasteiger partial charge in [-0.15, -0.1) is 0 Å². The molecule has 0 aliphatic carbocycles. The lowest BCUT2D eigenvalue weighted by Crippen LogP contribution is -2.36. The number of β-amino-alcohol motifs (C(OH)–C–C–N with tert-alkyl or cyclic N) is 1. The molecule has 110 valence electrons. The normalized spacial score (nSPS) is 21.6. The van der Waals surface area contributed by atoms with Crippen molar-refractivity contribution >= 4 is 22.4 Å². The number of aromatic nitrogens is 2. The number of carbonyl (C=O) groups is 1. The van der Waals surface area contributed by atoms with Gasteiger partial charge >= 0.3 is 0 Å². The van der Waals surface area contributed by atoms with E-state index >= 15 is 0 Å². The second-order valence-corrected chi connectivity index (χ2v) is 4.98. The van der Waals surface area contributed by atoms with Gasteiger partial charge in [-0.2, -0.15) is 0 Å². The van der Waals surface area contributed by atoms with E-state index in [4.69, 9.17) is 0 Å². The van der Waals surface area contributed by atoms with Crippen LogP contribution in [-0.4, -0.2) is 39.9 Å². The van der Waals surface area contributed by atoms with Gasteiger partial charge in [-0.3, -0.25) is 24.6 Å². The molecule has 0 radical (unpaired) electrons. The first-order valence-corrected chi connectivity index (χ1v) is 6.52. The van der Waals surface area contributed by atoms with Gasteiger partial charge in [0.15, 0.2) is 0 Å². The standard InChI is InChI=1S/C13H14N4O4/c18-6-4-9(14-5-6)12(20)15-8-3-1-2-7-10(8)13(21)17-16-11(7)19/h1-3,6,9,14,18H,4-5H2,(H,15,20)(H,16,19)(H,17,21). The molecule has 1 aliphatic heterocycles. The van der Waals surface area contributed by atoms with Crippen molar-refractivity contribution in [1.82, 2.24) is 15.5 Å². The number of hydrogen-bond acceptors (Lipinski definition) is 5. The molecule has 0 saturated carbocycles. The van der Waals surface area contributed by atoms with Crippen LogP contribution in [0.3, 0.4) is 0 Å². The Morgan fingerprint density at radius 2 is 2.00 bits per heavy atom. The molecule has 8 nitrogen and oxygen atoms in total. The molecule has 2 unspecified atom stereocenters. The summed E-state index contributed by atoms with van der Waals surface area (Å²) in [6.07, 6.45) is -0.243. The molecule has 1 amide bonds. The quantitative estimate of drug-likeness (QED) is 0.478. The topological polar surface area (TPSA) is 127 Å². The maximum atomic E-state index is 12.1. The lowest BCUT2D eigenvalue weighted by Gasteiger charge is -2.12. The zero-order valence-electron chi connectivity index (χ0n) is 11.0. The van der Waals surface area contributed by atoms with E-state index in [9.17, 15) is 19.5 Å². The van der Waals surface area contributed by atoms with Crippen molar-refractivity contribution in [2.75, 3.05) is 11.9 Å². The fourth-order valence-corrected chi connectivity index (χ4v) is 2.47. The maximum Gasteiger partial charge on any atom is 0.272 e. The number of fused-ring (bicyclic) bond motifs is 1. The Kier molecular flexibility index (Phi) is 3.32. The second-order valence-electron chi connectivity index (χ2n) is 4.98. The summed E-state index contributed by atoms with van der Waals surface area (Å²) in [6.45, 7) is 0.355. The van der Waals surface area contributed by atoms with Crippen LogP contribution in [0, 0.1) is 0 Å². The van der Waals surface area contributed by atoms with E-state index in [1.165, 1.54) is 6.07 Å². The molecular weight excluding hydrogens is 276 g/mol. The predicted octanol–water partition coefficient (Wildman–Crippen LogP) is -1.12. The summed E-state index contributed by atoms with van der Waals surface area (Å²) in [4.78, 5) is 35.7. The lowest BCUT2D eigenvalue weighted by atomic mass is 10.1. The number of carbonyl (C=O) groups excluding carboxylic acids is 1. The SMILES string of the molecule is O=C(Nc1cccc2c(=O)[nH][nH]c(=O)c12)C1CC(O)CN1. The van der Waals surface area contributed by atoms with Crippen LogP contribution < -0.4 is 21.8 Å². The predicted molar refractivity (Wildman–Crippen MR) is 76.2 cm³/mol. The van der Waals surface area contributed by atoms with Crippen LogP contribution >= 0.6 is 0 Å². The molecule has 1 saturated heterocycles. The number of aliphatic hydroxyl groups is 1. The number of H-pyrrole nitrogens is 2. The van der Waals surface area contributed by atoms with Gasteiger partial charge in [-0.1, -0.05) is 6.07 Å². The number of benzene rings is 1. The highest BCUT2D eigenvalue weighted by molar-refractivity contribution is 6.03. The molecule has 0 bridgehead atoms. The van der Waals surface area contributed by atoms with Crippen molar-refractivity contribution in [1.29, 1.82) is 0 Å². The Morgan fingerprint density at radius 3 is 2.71 bits per heavy atom. The van der Waals surface area contributed by atoms with Crippen LogP contribution in [0.1, 0.15) is 6.42 Å². The number of hydrogen-bond donors (Lipinski definition) is 5. The minimum atomic E-state index is -0.556. The first kappa shape index (κ1) is 13.5. The van der Waals surface area contributed by atoms with E-state index < -0.39 is 23.3 Å². The summed E-state index contributed by atoms with van der Waals surface area (Å²) in [7, 11) is 0. The average Bonchev–Trinajstić information content (AvgIpc) is 2.90. The van der Waals surface area contributed by atoms with Crippen LogP contribution in [0.2, 0.25) is 0 Å². The van der Waals surface area contributed by atoms with Crippen molar-refractivity contribution in [2.45, 2.75) is 18.6 Å². The molecule has 2 atom stereocenters. The number of rotatable bonds is 2. The third-order valence-electron chi connectivity index (χ3n) is 3.51. The fraction of sp³-hybridized carbons (Fsp3) is 0.308. The van der Waals surface area contributed by atoms with Gasteiger partial charge in [0, 0.05) is 6.54 Å². The first-order chi connectivity index (χ1) is 10.1. The summed E-state index contributed by atoms with van der Waals surface area (Å²) >= 11 is 0. The molecule has 3 rings (SSSR count). The van der Waals surface area contributed by atoms with E-state index in [0.29, 0.717) is 13.0 Å². The summed E-state index contributed by atoms with van der Waals surface area (Å²) < 4.78 is 0. The molecule has 0 spiro atoms. The summed E-state index contributed by atoms with van der Waals surface area (Å²) in [5, 5.41) is 19.7. The van der Waals surface area contributed by atoms with Crippen LogP contribution in [0.5, 0.6) is 0 Å². The molecule has 8 heteroatoms. The number of aromatic amines is 2. The van der Waals surface area contributed by atoms with Crippen molar-refractivity contribution in [3.63, 3.8) is 0 Å². The Labute approximate surface area is 118 Å². The van der Waals surface area contributed by atoms with Crippen molar-refractivity contribution < 1.29 is 9.90 Å². The summed E-state index contributed by atoms with van der Waals surface area (Å²) in [6, 6.07) is 4.14. The third kappa shape index (κ3) is 2.46. The Hall–Kier alpha value is -2.45. The second kappa shape index (κ2) is 5.15. The Bertz CT molecular complexity index is 810. The maximum absolute atomic E-state index is 12.1. The molecule has 21 heavy (non-hydrogen) atoms. The van der Waals surface area contributed by atoms with Crippen LogP contribution in [0.4, 0.5) is 5.69 Å². The fourth-order valence-electron chi connectivity index (χ4n) is 2.47. The van der Waals surface area contributed by atoms with Crippen LogP contribution in [0.25, 0.3) is 10.8 Å². The number of aliphatic hydroxyl groups excluding tert-OH is 1. The van der Waals surface area contributed by atoms with Crippen LogP contribution in [-0.2, 0) is 4.79 Å². The number of anilines is 1. The third-order valence-corrected chi connectivity index (χ3v) is 3.51. The molecule has 2 aromatic rings. The van der Waals surface area contributed by atoms with E-state index in [2.05, 4.69) is 20.8 Å². The molecule has 1 aromatic carbocycles. The smallest absolute Gasteiger partial charge is 0.272 e. The molecular formula is C13H14N4O4. The number of nitrogens with one attached hydrogen (secondary N) is 4. The highest BCUT2D eigenvalue weighted by Crippen LogP contribution is 2.18. The summed E-state index contributed by atoms with van der Waals surface area (Å²) in [5.41, 5.74) is -0.650. The van der Waals surface area contributed by atoms with Gasteiger partial charge < -0.3 is 15.7 Å². The average molecular weight is 290 g/mol. The van der Waals surface area contributed by atoms with Crippen molar-refractivity contribution in [2.24, 2.45) is 0 Å². The largest absolute Gasteiger partial charge is 0.392 e. The monoisotopic (exact) mass is 290 g/mol. The molecule has 2 heterocycles. The zero-order chi connectivity index (χ0) is 15.0. The minimum Gasteiger partial charge on any atom is -0.392 e. The highest BCUT2D eigenvalue weighted by Gasteiger charge is 2.28. The van der Waals surface area contributed by atoms with E-state index in [1.54, 1.807) is 12.1 Å². The molecule has 1 fully saturated rings. The molecule has 1 aromatic heterocycles. The zero-order valence-corrected chi connectivity index (χ0v) is 11.0.